The molecule has 0 saturated heterocycles. The van der Waals surface area contributed by atoms with Gasteiger partial charge in [-0.1, -0.05) is 42.1 Å². The zero-order valence-corrected chi connectivity index (χ0v) is 12.4. The van der Waals surface area contributed by atoms with Gasteiger partial charge in [0.05, 0.1) is 11.4 Å². The number of aryl methyl sites for hydroxylation is 1. The molecule has 0 bridgehead atoms. The highest BCUT2D eigenvalue weighted by Crippen LogP contribution is 2.22. The van der Waals surface area contributed by atoms with Gasteiger partial charge in [-0.2, -0.15) is 0 Å². The molecule has 0 atom stereocenters. The minimum atomic E-state index is -0.209. The SMILES string of the molecule is Cc1nc(SCC(=O)NN)n(Cc2ccccc2)c1C. The summed E-state index contributed by atoms with van der Waals surface area (Å²) in [5.74, 6) is 5.15. The summed E-state index contributed by atoms with van der Waals surface area (Å²) in [5, 5.41) is 0.840. The highest BCUT2D eigenvalue weighted by Gasteiger charge is 2.13. The van der Waals surface area contributed by atoms with Gasteiger partial charge in [0.1, 0.15) is 0 Å². The van der Waals surface area contributed by atoms with Crippen molar-refractivity contribution in [1.82, 2.24) is 15.0 Å². The van der Waals surface area contributed by atoms with Gasteiger partial charge in [0, 0.05) is 12.2 Å². The lowest BCUT2D eigenvalue weighted by Crippen LogP contribution is -2.31. The number of nitrogens with two attached hydrogens (primary N) is 1. The van der Waals surface area contributed by atoms with Crippen LogP contribution in [0, 0.1) is 13.8 Å². The van der Waals surface area contributed by atoms with Gasteiger partial charge in [-0.3, -0.25) is 10.2 Å². The molecule has 106 valence electrons. The summed E-state index contributed by atoms with van der Waals surface area (Å²) in [7, 11) is 0. The number of imidazole rings is 1. The van der Waals surface area contributed by atoms with Crippen LogP contribution in [0.4, 0.5) is 0 Å². The van der Waals surface area contributed by atoms with Gasteiger partial charge in [0.25, 0.3) is 0 Å². The van der Waals surface area contributed by atoms with Crippen molar-refractivity contribution in [2.24, 2.45) is 5.84 Å². The summed E-state index contributed by atoms with van der Waals surface area (Å²) >= 11 is 1.39. The number of hydrogen-bond donors (Lipinski definition) is 2. The fraction of sp³-hybridized carbons (Fsp3) is 0.286. The van der Waals surface area contributed by atoms with E-state index in [2.05, 4.69) is 27.1 Å². The zero-order valence-electron chi connectivity index (χ0n) is 11.6. The summed E-state index contributed by atoms with van der Waals surface area (Å²) in [6, 6.07) is 10.2. The Kier molecular flexibility index (Phi) is 4.81. The molecule has 1 amide bonds. The van der Waals surface area contributed by atoms with Crippen LogP contribution in [0.5, 0.6) is 0 Å². The van der Waals surface area contributed by atoms with Gasteiger partial charge in [0.15, 0.2) is 5.16 Å². The summed E-state index contributed by atoms with van der Waals surface area (Å²) in [6.45, 7) is 4.77. The third-order valence-electron chi connectivity index (χ3n) is 3.10. The van der Waals surface area contributed by atoms with E-state index >= 15 is 0 Å². The molecule has 1 aromatic heterocycles. The van der Waals surface area contributed by atoms with Crippen molar-refractivity contribution in [1.29, 1.82) is 0 Å². The normalized spacial score (nSPS) is 10.6. The molecule has 6 heteroatoms. The molecule has 1 aromatic carbocycles. The van der Waals surface area contributed by atoms with Crippen molar-refractivity contribution in [2.45, 2.75) is 25.5 Å². The smallest absolute Gasteiger partial charge is 0.244 e. The van der Waals surface area contributed by atoms with E-state index < -0.39 is 0 Å². The van der Waals surface area contributed by atoms with Crippen LogP contribution >= 0.6 is 11.8 Å². The van der Waals surface area contributed by atoms with Crippen molar-refractivity contribution in [3.63, 3.8) is 0 Å². The van der Waals surface area contributed by atoms with Gasteiger partial charge in [-0.15, -0.1) is 0 Å². The first-order chi connectivity index (χ1) is 9.61. The maximum atomic E-state index is 11.3. The number of hydrazine groups is 1. The lowest BCUT2D eigenvalue weighted by molar-refractivity contribution is -0.118. The van der Waals surface area contributed by atoms with E-state index in [1.807, 2.05) is 32.0 Å². The van der Waals surface area contributed by atoms with Crippen LogP contribution in [-0.2, 0) is 11.3 Å². The molecule has 0 aliphatic rings. The maximum Gasteiger partial charge on any atom is 0.244 e. The minimum absolute atomic E-state index is 0.209. The number of amides is 1. The first-order valence-electron chi connectivity index (χ1n) is 6.31. The predicted molar refractivity (Wildman–Crippen MR) is 80.3 cm³/mol. The van der Waals surface area contributed by atoms with E-state index in [-0.39, 0.29) is 11.7 Å². The van der Waals surface area contributed by atoms with Crippen molar-refractivity contribution in [3.8, 4) is 0 Å². The number of aromatic nitrogens is 2. The van der Waals surface area contributed by atoms with Gasteiger partial charge >= 0.3 is 0 Å². The van der Waals surface area contributed by atoms with Gasteiger partial charge in [0.2, 0.25) is 5.91 Å². The van der Waals surface area contributed by atoms with Gasteiger partial charge in [-0.25, -0.2) is 10.8 Å². The Labute approximate surface area is 122 Å². The monoisotopic (exact) mass is 290 g/mol. The Hall–Kier alpha value is -1.79. The molecule has 0 saturated carbocycles. The fourth-order valence-corrected chi connectivity index (χ4v) is 2.76. The molecule has 2 rings (SSSR count). The lowest BCUT2D eigenvalue weighted by Gasteiger charge is -2.09. The van der Waals surface area contributed by atoms with E-state index in [9.17, 15) is 4.79 Å². The second-order valence-electron chi connectivity index (χ2n) is 4.49. The number of nitrogens with zero attached hydrogens (tertiary/aromatic N) is 2. The second-order valence-corrected chi connectivity index (χ2v) is 5.44. The van der Waals surface area contributed by atoms with Crippen LogP contribution in [0.1, 0.15) is 17.0 Å². The third-order valence-corrected chi connectivity index (χ3v) is 4.08. The highest BCUT2D eigenvalue weighted by atomic mass is 32.2. The van der Waals surface area contributed by atoms with Crippen LogP contribution in [0.2, 0.25) is 0 Å². The van der Waals surface area contributed by atoms with E-state index in [0.29, 0.717) is 0 Å². The van der Waals surface area contributed by atoms with Crippen molar-refractivity contribution in [2.75, 3.05) is 5.75 Å². The molecule has 3 N–H and O–H groups in total. The number of hydrogen-bond acceptors (Lipinski definition) is 4. The maximum absolute atomic E-state index is 11.3. The number of nitrogens with one attached hydrogen (secondary N) is 1. The van der Waals surface area contributed by atoms with Gasteiger partial charge in [-0.05, 0) is 19.4 Å². The van der Waals surface area contributed by atoms with E-state index in [1.54, 1.807) is 0 Å². The molecule has 0 radical (unpaired) electrons. The molecule has 1 heterocycles. The largest absolute Gasteiger partial charge is 0.319 e. The molecule has 0 unspecified atom stereocenters. The van der Waals surface area contributed by atoms with Crippen molar-refractivity contribution >= 4 is 17.7 Å². The Morgan fingerprint density at radius 3 is 2.70 bits per heavy atom. The van der Waals surface area contributed by atoms with Crippen LogP contribution in [0.3, 0.4) is 0 Å². The standard InChI is InChI=1S/C14H18N4OS/c1-10-11(2)18(8-12-6-4-3-5-7-12)14(16-10)20-9-13(19)17-15/h3-7H,8-9,15H2,1-2H3,(H,17,19). The van der Waals surface area contributed by atoms with Crippen LogP contribution in [0.15, 0.2) is 35.5 Å². The number of benzene rings is 1. The first-order valence-corrected chi connectivity index (χ1v) is 7.30. The van der Waals surface area contributed by atoms with Gasteiger partial charge < -0.3 is 4.57 Å². The molecule has 0 aliphatic carbocycles. The zero-order chi connectivity index (χ0) is 14.5. The molecular formula is C14H18N4OS. The summed E-state index contributed by atoms with van der Waals surface area (Å²) in [5.41, 5.74) is 5.43. The number of thioether (sulfide) groups is 1. The Morgan fingerprint density at radius 2 is 2.05 bits per heavy atom. The summed E-state index contributed by atoms with van der Waals surface area (Å²) in [6.07, 6.45) is 0. The summed E-state index contributed by atoms with van der Waals surface area (Å²) in [4.78, 5) is 15.8. The number of carbonyl (C=O) groups excluding carboxylic acids is 1. The average molecular weight is 290 g/mol. The molecule has 2 aromatic rings. The van der Waals surface area contributed by atoms with Crippen LogP contribution in [-0.4, -0.2) is 21.2 Å². The van der Waals surface area contributed by atoms with E-state index in [1.165, 1.54) is 17.3 Å². The molecule has 0 fully saturated rings. The van der Waals surface area contributed by atoms with Crippen molar-refractivity contribution < 1.29 is 4.79 Å². The quantitative estimate of drug-likeness (QED) is 0.380. The van der Waals surface area contributed by atoms with E-state index in [4.69, 9.17) is 5.84 Å². The Bertz CT molecular complexity index is 595. The van der Waals surface area contributed by atoms with Crippen molar-refractivity contribution in [3.05, 3.63) is 47.3 Å². The number of carbonyl (C=O) groups is 1. The van der Waals surface area contributed by atoms with Crippen LogP contribution < -0.4 is 11.3 Å². The fourth-order valence-electron chi connectivity index (χ4n) is 1.86. The molecule has 5 nitrogen and oxygen atoms in total. The minimum Gasteiger partial charge on any atom is -0.319 e. The first kappa shape index (κ1) is 14.6. The second kappa shape index (κ2) is 6.58. The average Bonchev–Trinajstić information content (AvgIpc) is 2.73. The topological polar surface area (TPSA) is 72.9 Å². The predicted octanol–water partition coefficient (Wildman–Crippen LogP) is 1.63. The highest BCUT2D eigenvalue weighted by molar-refractivity contribution is 7.99. The van der Waals surface area contributed by atoms with Crippen LogP contribution in [0.25, 0.3) is 0 Å². The Morgan fingerprint density at radius 1 is 1.35 bits per heavy atom. The molecular weight excluding hydrogens is 272 g/mol. The number of rotatable bonds is 5. The molecule has 0 spiro atoms. The molecule has 0 aliphatic heterocycles. The van der Waals surface area contributed by atoms with E-state index in [0.717, 1.165) is 23.1 Å². The summed E-state index contributed by atoms with van der Waals surface area (Å²) < 4.78 is 2.12. The molecule has 20 heavy (non-hydrogen) atoms. The lowest BCUT2D eigenvalue weighted by atomic mass is 10.2. The third kappa shape index (κ3) is 3.40. The Balaban J connectivity index is 2.20.